The molecule has 29 heavy (non-hydrogen) atoms. The van der Waals surface area contributed by atoms with Gasteiger partial charge in [0.25, 0.3) is 0 Å². The van der Waals surface area contributed by atoms with Crippen LogP contribution in [0.1, 0.15) is 11.3 Å². The highest BCUT2D eigenvalue weighted by atomic mass is 32.2. The van der Waals surface area contributed by atoms with Crippen LogP contribution in [0.25, 0.3) is 10.9 Å². The van der Waals surface area contributed by atoms with E-state index in [0.717, 1.165) is 20.9 Å². The van der Waals surface area contributed by atoms with Crippen molar-refractivity contribution in [2.24, 2.45) is 0 Å². The number of hydrogen-bond acceptors (Lipinski definition) is 7. The van der Waals surface area contributed by atoms with Crippen LogP contribution in [0.2, 0.25) is 0 Å². The fraction of sp³-hybridized carbons (Fsp3) is 0.0500. The van der Waals surface area contributed by atoms with Crippen molar-refractivity contribution in [1.29, 1.82) is 5.26 Å². The van der Waals surface area contributed by atoms with E-state index in [1.54, 1.807) is 24.3 Å². The molecular formula is C20H14N6OS2. The summed E-state index contributed by atoms with van der Waals surface area (Å²) in [6.07, 6.45) is 0. The van der Waals surface area contributed by atoms with Crippen LogP contribution in [-0.2, 0) is 5.75 Å². The highest BCUT2D eigenvalue weighted by Crippen LogP contribution is 2.28. The number of carbonyl (C=O) groups excluding carboxylic acids is 1. The molecule has 0 radical (unpaired) electrons. The predicted octanol–water partition coefficient (Wildman–Crippen LogP) is 4.89. The summed E-state index contributed by atoms with van der Waals surface area (Å²) in [6, 6.07) is 20.3. The van der Waals surface area contributed by atoms with Crippen LogP contribution < -0.4 is 10.6 Å². The highest BCUT2D eigenvalue weighted by Gasteiger charge is 2.10. The number of carbonyl (C=O) groups is 1. The number of urea groups is 1. The summed E-state index contributed by atoms with van der Waals surface area (Å²) in [6.45, 7) is 0. The van der Waals surface area contributed by atoms with Gasteiger partial charge >= 0.3 is 6.03 Å². The van der Waals surface area contributed by atoms with Crippen molar-refractivity contribution in [1.82, 2.24) is 15.2 Å². The first-order valence-electron chi connectivity index (χ1n) is 8.59. The number of rotatable bonds is 5. The van der Waals surface area contributed by atoms with Crippen molar-refractivity contribution in [3.63, 3.8) is 0 Å². The van der Waals surface area contributed by atoms with E-state index >= 15 is 0 Å². The second-order valence-electron chi connectivity index (χ2n) is 5.93. The van der Waals surface area contributed by atoms with Crippen LogP contribution in [0.4, 0.5) is 15.6 Å². The number of pyridine rings is 1. The maximum absolute atomic E-state index is 12.1. The first-order valence-corrected chi connectivity index (χ1v) is 10.4. The number of benzene rings is 2. The topological polar surface area (TPSA) is 104 Å². The third-order valence-corrected chi connectivity index (χ3v) is 5.88. The van der Waals surface area contributed by atoms with Crippen LogP contribution in [0, 0.1) is 11.3 Å². The van der Waals surface area contributed by atoms with Crippen molar-refractivity contribution in [2.45, 2.75) is 10.1 Å². The number of aromatic nitrogens is 3. The molecule has 0 saturated carbocycles. The molecule has 0 aliphatic rings. The van der Waals surface area contributed by atoms with Crippen molar-refractivity contribution in [3.8, 4) is 6.07 Å². The fourth-order valence-corrected chi connectivity index (χ4v) is 4.22. The number of anilines is 2. The van der Waals surface area contributed by atoms with Crippen LogP contribution >= 0.6 is 23.1 Å². The van der Waals surface area contributed by atoms with Crippen LogP contribution in [-0.4, -0.2) is 21.2 Å². The molecule has 142 valence electrons. The van der Waals surface area contributed by atoms with E-state index in [-0.39, 0.29) is 0 Å². The van der Waals surface area contributed by atoms with Gasteiger partial charge in [0.05, 0.1) is 22.8 Å². The molecule has 2 aromatic carbocycles. The predicted molar refractivity (Wildman–Crippen MR) is 115 cm³/mol. The first-order chi connectivity index (χ1) is 14.2. The van der Waals surface area contributed by atoms with Gasteiger partial charge in [-0.1, -0.05) is 53.4 Å². The lowest BCUT2D eigenvalue weighted by Crippen LogP contribution is -2.19. The summed E-state index contributed by atoms with van der Waals surface area (Å²) in [4.78, 5) is 16.8. The number of amides is 2. The molecule has 2 amide bonds. The zero-order valence-corrected chi connectivity index (χ0v) is 16.6. The SMILES string of the molecule is N#Cc1cccc(NC(=O)Nc2nnc(SCc3ccc4ccccc4n3)s2)c1. The average molecular weight is 419 g/mol. The summed E-state index contributed by atoms with van der Waals surface area (Å²) in [7, 11) is 0. The Kier molecular flexibility index (Phi) is 5.65. The zero-order valence-electron chi connectivity index (χ0n) is 15.0. The summed E-state index contributed by atoms with van der Waals surface area (Å²) in [5.74, 6) is 0.659. The minimum atomic E-state index is -0.441. The minimum Gasteiger partial charge on any atom is -0.308 e. The number of hydrogen-bond donors (Lipinski definition) is 2. The number of fused-ring (bicyclic) bond motifs is 1. The van der Waals surface area contributed by atoms with Gasteiger partial charge in [-0.25, -0.2) is 4.79 Å². The zero-order chi connectivity index (χ0) is 20.1. The van der Waals surface area contributed by atoms with E-state index in [0.29, 0.717) is 22.1 Å². The Bertz CT molecular complexity index is 1220. The molecule has 0 bridgehead atoms. The normalized spacial score (nSPS) is 10.4. The molecule has 4 rings (SSSR count). The monoisotopic (exact) mass is 418 g/mol. The van der Waals surface area contributed by atoms with Gasteiger partial charge in [-0.15, -0.1) is 10.2 Å². The molecular weight excluding hydrogens is 404 g/mol. The van der Waals surface area contributed by atoms with Crippen molar-refractivity contribution in [2.75, 3.05) is 10.6 Å². The van der Waals surface area contributed by atoms with Gasteiger partial charge < -0.3 is 5.32 Å². The van der Waals surface area contributed by atoms with Crippen LogP contribution in [0.3, 0.4) is 0 Å². The third kappa shape index (κ3) is 4.87. The van der Waals surface area contributed by atoms with Crippen molar-refractivity contribution < 1.29 is 4.79 Å². The Morgan fingerprint density at radius 2 is 1.97 bits per heavy atom. The summed E-state index contributed by atoms with van der Waals surface area (Å²) in [5, 5.41) is 23.8. The van der Waals surface area contributed by atoms with E-state index in [2.05, 4.69) is 31.9 Å². The van der Waals surface area contributed by atoms with Gasteiger partial charge in [-0.3, -0.25) is 10.3 Å². The molecule has 0 spiro atoms. The molecule has 2 N–H and O–H groups in total. The molecule has 2 aromatic heterocycles. The molecule has 0 aliphatic carbocycles. The Labute approximate surface area is 174 Å². The van der Waals surface area contributed by atoms with E-state index in [9.17, 15) is 4.79 Å². The quantitative estimate of drug-likeness (QED) is 0.353. The average Bonchev–Trinajstić information content (AvgIpc) is 3.19. The van der Waals surface area contributed by atoms with Crippen molar-refractivity contribution in [3.05, 3.63) is 71.9 Å². The molecule has 0 saturated heterocycles. The lowest BCUT2D eigenvalue weighted by molar-refractivity contribution is 0.262. The van der Waals surface area contributed by atoms with E-state index in [1.165, 1.54) is 23.1 Å². The van der Waals surface area contributed by atoms with Crippen LogP contribution in [0.5, 0.6) is 0 Å². The molecule has 7 nitrogen and oxygen atoms in total. The number of nitriles is 1. The van der Waals surface area contributed by atoms with Gasteiger partial charge in [0.2, 0.25) is 5.13 Å². The number of nitrogens with zero attached hydrogens (tertiary/aromatic N) is 4. The molecule has 2 heterocycles. The standard InChI is InChI=1S/C20H14N6OS2/c21-11-13-4-3-6-15(10-13)23-18(27)24-19-25-26-20(29-19)28-12-16-9-8-14-5-1-2-7-17(14)22-16/h1-10H,12H2,(H2,23,24,25,27). The third-order valence-electron chi connectivity index (χ3n) is 3.88. The summed E-state index contributed by atoms with van der Waals surface area (Å²) < 4.78 is 0.738. The Balaban J connectivity index is 1.34. The van der Waals surface area contributed by atoms with Gasteiger partial charge in [0, 0.05) is 16.8 Å². The number of nitrogens with one attached hydrogen (secondary N) is 2. The minimum absolute atomic E-state index is 0.396. The Hall–Kier alpha value is -3.48. The summed E-state index contributed by atoms with van der Waals surface area (Å²) >= 11 is 2.80. The smallest absolute Gasteiger partial charge is 0.308 e. The van der Waals surface area contributed by atoms with Gasteiger partial charge in [-0.2, -0.15) is 5.26 Å². The Morgan fingerprint density at radius 3 is 2.86 bits per heavy atom. The molecule has 0 atom stereocenters. The number of para-hydroxylation sites is 1. The lowest BCUT2D eigenvalue weighted by Gasteiger charge is -2.04. The second kappa shape index (κ2) is 8.68. The maximum atomic E-state index is 12.1. The highest BCUT2D eigenvalue weighted by molar-refractivity contribution is 8.00. The molecule has 0 fully saturated rings. The van der Waals surface area contributed by atoms with Crippen LogP contribution in [0.15, 0.2) is 65.0 Å². The van der Waals surface area contributed by atoms with E-state index < -0.39 is 6.03 Å². The van der Waals surface area contributed by atoms with Gasteiger partial charge in [0.15, 0.2) is 4.34 Å². The first kappa shape index (κ1) is 18.9. The molecule has 9 heteroatoms. The molecule has 4 aromatic rings. The van der Waals surface area contributed by atoms with E-state index in [1.807, 2.05) is 36.4 Å². The van der Waals surface area contributed by atoms with Crippen molar-refractivity contribution >= 4 is 50.9 Å². The van der Waals surface area contributed by atoms with Gasteiger partial charge in [0.1, 0.15) is 0 Å². The Morgan fingerprint density at radius 1 is 1.07 bits per heavy atom. The largest absolute Gasteiger partial charge is 0.325 e. The second-order valence-corrected chi connectivity index (χ2v) is 8.13. The van der Waals surface area contributed by atoms with Gasteiger partial charge in [-0.05, 0) is 30.3 Å². The molecule has 0 aliphatic heterocycles. The summed E-state index contributed by atoms with van der Waals surface area (Å²) in [5.41, 5.74) is 2.92. The number of thioether (sulfide) groups is 1. The lowest BCUT2D eigenvalue weighted by atomic mass is 10.2. The fourth-order valence-electron chi connectivity index (χ4n) is 2.57. The van der Waals surface area contributed by atoms with E-state index in [4.69, 9.17) is 5.26 Å². The molecule has 0 unspecified atom stereocenters. The maximum Gasteiger partial charge on any atom is 0.325 e.